The van der Waals surface area contributed by atoms with Gasteiger partial charge in [0.25, 0.3) is 0 Å². The van der Waals surface area contributed by atoms with Gasteiger partial charge in [0, 0.05) is 13.3 Å². The number of hydrogen-bond donors (Lipinski definition) is 3. The molecule has 1 atom stereocenters. The first-order valence-electron chi connectivity index (χ1n) is 8.63. The fourth-order valence-corrected chi connectivity index (χ4v) is 2.93. The molecular weight excluding hydrogens is 373 g/mol. The maximum absolute atomic E-state index is 11.7. The maximum Gasteiger partial charge on any atom is 1.00 e. The molecule has 0 heterocycles. The van der Waals surface area contributed by atoms with Gasteiger partial charge in [0.15, 0.2) is 5.54 Å². The van der Waals surface area contributed by atoms with E-state index in [4.69, 9.17) is 0 Å². The molecule has 1 aromatic carbocycles. The quantitative estimate of drug-likeness (QED) is 0.396. The van der Waals surface area contributed by atoms with Gasteiger partial charge in [-0.2, -0.15) is 0 Å². The predicted octanol–water partition coefficient (Wildman–Crippen LogP) is -1.76. The molecule has 1 unspecified atom stereocenters. The summed E-state index contributed by atoms with van der Waals surface area (Å²) >= 11 is 0. The second kappa shape index (κ2) is 8.84. The van der Waals surface area contributed by atoms with E-state index < -0.39 is 40.6 Å². The molecule has 0 bridgehead atoms. The summed E-state index contributed by atoms with van der Waals surface area (Å²) in [7, 11) is 0. The zero-order valence-electron chi connectivity index (χ0n) is 17.9. The van der Waals surface area contributed by atoms with Crippen molar-refractivity contribution < 1.29 is 59.3 Å². The van der Waals surface area contributed by atoms with E-state index >= 15 is 0 Å². The number of carboxylic acid groups (broad SMARTS) is 2. The van der Waals surface area contributed by atoms with Crippen LogP contribution in [-0.2, 0) is 31.6 Å². The number of nitrogens with one attached hydrogen (secondary N) is 1. The monoisotopic (exact) mass is 401 g/mol. The van der Waals surface area contributed by atoms with Crippen LogP contribution in [0.15, 0.2) is 12.1 Å². The van der Waals surface area contributed by atoms with E-state index in [1.165, 1.54) is 0 Å². The third-order valence-electron chi connectivity index (χ3n) is 4.36. The van der Waals surface area contributed by atoms with Crippen molar-refractivity contribution in [1.82, 2.24) is 5.32 Å². The summed E-state index contributed by atoms with van der Waals surface area (Å²) in [5.41, 5.74) is -2.06. The van der Waals surface area contributed by atoms with Crippen LogP contribution in [0.3, 0.4) is 0 Å². The Hall–Kier alpha value is -1.57. The number of carboxylic acids is 2. The summed E-state index contributed by atoms with van der Waals surface area (Å²) in [6, 6.07) is 3.15. The van der Waals surface area contributed by atoms with Gasteiger partial charge in [0.1, 0.15) is 5.75 Å². The van der Waals surface area contributed by atoms with E-state index in [1.54, 1.807) is 12.1 Å². The molecular formula is C20H28NNaO6. The summed E-state index contributed by atoms with van der Waals surface area (Å²) in [4.78, 5) is 34.9. The number of rotatable bonds is 5. The first kappa shape index (κ1) is 26.4. The molecule has 0 saturated heterocycles. The average Bonchev–Trinajstić information content (AvgIpc) is 2.44. The second-order valence-corrected chi connectivity index (χ2v) is 8.90. The van der Waals surface area contributed by atoms with Crippen LogP contribution >= 0.6 is 0 Å². The molecule has 0 spiro atoms. The first-order chi connectivity index (χ1) is 12.0. The summed E-state index contributed by atoms with van der Waals surface area (Å²) in [6.45, 7) is 12.3. The number of benzene rings is 1. The van der Waals surface area contributed by atoms with Crippen LogP contribution in [-0.4, -0.2) is 33.6 Å². The average molecular weight is 401 g/mol. The molecule has 0 saturated carbocycles. The van der Waals surface area contributed by atoms with Crippen molar-refractivity contribution in [2.75, 3.05) is 0 Å². The van der Waals surface area contributed by atoms with Crippen molar-refractivity contribution >= 4 is 17.8 Å². The van der Waals surface area contributed by atoms with Gasteiger partial charge in [-0.1, -0.05) is 53.7 Å². The summed E-state index contributed by atoms with van der Waals surface area (Å²) in [6.07, 6.45) is -0.517. The summed E-state index contributed by atoms with van der Waals surface area (Å²) in [5.74, 6) is -4.34. The molecule has 7 nitrogen and oxygen atoms in total. The number of phenolic OH excluding ortho intramolecular Hbond substituents is 1. The molecule has 0 aromatic heterocycles. The molecule has 8 heteroatoms. The Morgan fingerprint density at radius 2 is 1.39 bits per heavy atom. The Bertz CT molecular complexity index is 725. The Morgan fingerprint density at radius 3 is 1.64 bits per heavy atom. The fourth-order valence-electron chi connectivity index (χ4n) is 2.93. The van der Waals surface area contributed by atoms with Gasteiger partial charge >= 0.3 is 35.5 Å². The summed E-state index contributed by atoms with van der Waals surface area (Å²) < 4.78 is 0. The number of aromatic hydroxyl groups is 1. The topological polar surface area (TPSA) is 127 Å². The van der Waals surface area contributed by atoms with Crippen LogP contribution in [0.4, 0.5) is 0 Å². The summed E-state index contributed by atoms with van der Waals surface area (Å²) in [5, 5.41) is 34.0. The Kier molecular flexibility index (Phi) is 8.35. The van der Waals surface area contributed by atoms with Gasteiger partial charge in [-0.3, -0.25) is 4.79 Å². The van der Waals surface area contributed by atoms with Crippen molar-refractivity contribution in [3.8, 4) is 5.75 Å². The molecule has 150 valence electrons. The minimum atomic E-state index is -2.60. The largest absolute Gasteiger partial charge is 1.00 e. The third kappa shape index (κ3) is 5.72. The normalized spacial score (nSPS) is 13.8. The zero-order valence-corrected chi connectivity index (χ0v) is 19.9. The van der Waals surface area contributed by atoms with E-state index in [2.05, 4.69) is 0 Å². The zero-order chi connectivity index (χ0) is 21.4. The molecule has 0 aliphatic heterocycles. The van der Waals surface area contributed by atoms with E-state index in [0.29, 0.717) is 16.7 Å². The van der Waals surface area contributed by atoms with E-state index in [9.17, 15) is 29.7 Å². The van der Waals surface area contributed by atoms with Crippen molar-refractivity contribution in [1.29, 1.82) is 0 Å². The molecule has 1 aromatic rings. The van der Waals surface area contributed by atoms with Crippen LogP contribution in [0.25, 0.3) is 0 Å². The number of hydrogen-bond acceptors (Lipinski definition) is 5. The van der Waals surface area contributed by atoms with Crippen LogP contribution in [0.1, 0.15) is 65.2 Å². The smallest absolute Gasteiger partial charge is 0.547 e. The predicted molar refractivity (Wildman–Crippen MR) is 98.4 cm³/mol. The van der Waals surface area contributed by atoms with Crippen molar-refractivity contribution in [3.63, 3.8) is 0 Å². The molecule has 0 radical (unpaired) electrons. The number of amides is 1. The standard InChI is InChI=1S/C20H29NO6.Na/c1-11(22)21-20(16(24)25,17(26)27)10-12-8-13(18(2,3)4)15(23)14(9-12)19(5,6)7;/h8-9,23H,10H2,1-7H3,(H,21,22)(H,24,25)(H,26,27);/q;+1/p-1. The SMILES string of the molecule is CC(=O)NC(Cc1cc(C(C)(C)C)c(O)c(C(C)(C)C)c1)(C(=O)[O-])C(=O)O.[Na+]. The van der Waals surface area contributed by atoms with Crippen molar-refractivity contribution in [2.45, 2.75) is 71.3 Å². The van der Waals surface area contributed by atoms with Gasteiger partial charge < -0.3 is 25.4 Å². The van der Waals surface area contributed by atoms with E-state index in [1.807, 2.05) is 46.9 Å². The van der Waals surface area contributed by atoms with Crippen molar-refractivity contribution in [2.24, 2.45) is 0 Å². The molecule has 28 heavy (non-hydrogen) atoms. The van der Waals surface area contributed by atoms with Gasteiger partial charge in [-0.15, -0.1) is 0 Å². The number of carbonyl (C=O) groups excluding carboxylic acids is 2. The molecule has 0 fully saturated rings. The second-order valence-electron chi connectivity index (χ2n) is 8.90. The molecule has 1 rings (SSSR count). The first-order valence-corrected chi connectivity index (χ1v) is 8.63. The molecule has 3 N–H and O–H groups in total. The number of aliphatic carboxylic acids is 2. The fraction of sp³-hybridized carbons (Fsp3) is 0.550. The van der Waals surface area contributed by atoms with Gasteiger partial charge in [-0.25, -0.2) is 4.79 Å². The third-order valence-corrected chi connectivity index (χ3v) is 4.36. The Labute approximate surface area is 187 Å². The molecule has 0 aliphatic rings. The minimum absolute atomic E-state index is 0. The molecule has 0 aliphatic carbocycles. The van der Waals surface area contributed by atoms with Crippen LogP contribution in [0.2, 0.25) is 0 Å². The molecule has 1 amide bonds. The Balaban J connectivity index is 0.00000729. The van der Waals surface area contributed by atoms with Crippen LogP contribution < -0.4 is 40.0 Å². The van der Waals surface area contributed by atoms with Crippen LogP contribution in [0, 0.1) is 0 Å². The number of carbonyl (C=O) groups is 3. The van der Waals surface area contributed by atoms with Gasteiger partial charge in [0.05, 0.1) is 5.97 Å². The van der Waals surface area contributed by atoms with Gasteiger partial charge in [0.2, 0.25) is 5.91 Å². The van der Waals surface area contributed by atoms with E-state index in [0.717, 1.165) is 6.92 Å². The minimum Gasteiger partial charge on any atom is -0.547 e. The van der Waals surface area contributed by atoms with Crippen molar-refractivity contribution in [3.05, 3.63) is 28.8 Å². The van der Waals surface area contributed by atoms with Crippen LogP contribution in [0.5, 0.6) is 5.75 Å². The number of phenols is 1. The van der Waals surface area contributed by atoms with Gasteiger partial charge in [-0.05, 0) is 27.5 Å². The Morgan fingerprint density at radius 1 is 1.00 bits per heavy atom. The van der Waals surface area contributed by atoms with E-state index in [-0.39, 0.29) is 35.3 Å². The maximum atomic E-state index is 11.7.